The Morgan fingerprint density at radius 1 is 1.43 bits per heavy atom. The molecule has 1 aromatic carbocycles. The lowest BCUT2D eigenvalue weighted by molar-refractivity contribution is 0.0526. The topological polar surface area (TPSA) is 78.1 Å². The highest BCUT2D eigenvalue weighted by Crippen LogP contribution is 2.42. The third-order valence-electron chi connectivity index (χ3n) is 3.85. The van der Waals surface area contributed by atoms with Crippen molar-refractivity contribution < 1.29 is 9.53 Å². The fourth-order valence-electron chi connectivity index (χ4n) is 2.76. The number of ether oxygens (including phenoxy) is 1. The van der Waals surface area contributed by atoms with Gasteiger partial charge in [-0.1, -0.05) is 36.0 Å². The first-order valence-corrected chi connectivity index (χ1v) is 8.61. The van der Waals surface area contributed by atoms with E-state index in [4.69, 9.17) is 10.5 Å². The van der Waals surface area contributed by atoms with Gasteiger partial charge in [-0.2, -0.15) is 0 Å². The third kappa shape index (κ3) is 3.47. The van der Waals surface area contributed by atoms with Crippen LogP contribution in [0.15, 0.2) is 35.6 Å². The maximum Gasteiger partial charge on any atom is 0.343 e. The van der Waals surface area contributed by atoms with E-state index in [0.29, 0.717) is 17.0 Å². The molecule has 1 aliphatic carbocycles. The molecule has 6 heteroatoms. The maximum atomic E-state index is 11.7. The number of carbonyl (C=O) groups is 1. The number of thioether (sulfide) groups is 1. The van der Waals surface area contributed by atoms with Crippen LogP contribution in [0.2, 0.25) is 0 Å². The molecule has 5 nitrogen and oxygen atoms in total. The highest BCUT2D eigenvalue weighted by Gasteiger charge is 2.22. The first-order chi connectivity index (χ1) is 11.2. The second-order valence-electron chi connectivity index (χ2n) is 5.37. The number of carbonyl (C=O) groups excluding carboxylic acids is 1. The van der Waals surface area contributed by atoms with Crippen LogP contribution in [0.5, 0.6) is 0 Å². The molecule has 120 valence electrons. The van der Waals surface area contributed by atoms with Crippen molar-refractivity contribution in [3.63, 3.8) is 0 Å². The largest absolute Gasteiger partial charge is 0.462 e. The number of hydrogen-bond acceptors (Lipinski definition) is 6. The summed E-state index contributed by atoms with van der Waals surface area (Å²) in [6.07, 6.45) is 4.82. The molecule has 3 rings (SSSR count). The number of nitrogen functional groups attached to an aromatic ring is 1. The molecule has 0 bridgehead atoms. The standard InChI is InChI=1S/C17H19N3O2S/c1-2-22-16(21)13-10-19-17(20-15(13)18)23-14-9-5-7-11-6-3-4-8-12(11)14/h3-4,6,8,10,14H,2,5,7,9H2,1H3,(H2,18,19,20)/t14-/m0/s1. The molecule has 0 saturated heterocycles. The quantitative estimate of drug-likeness (QED) is 0.684. The van der Waals surface area contributed by atoms with Crippen LogP contribution in [0.3, 0.4) is 0 Å². The van der Waals surface area contributed by atoms with Gasteiger partial charge in [-0.15, -0.1) is 0 Å². The van der Waals surface area contributed by atoms with Crippen LogP contribution in [0, 0.1) is 0 Å². The van der Waals surface area contributed by atoms with Crippen molar-refractivity contribution in [3.8, 4) is 0 Å². The van der Waals surface area contributed by atoms with Crippen LogP contribution in [0.25, 0.3) is 0 Å². The van der Waals surface area contributed by atoms with Gasteiger partial charge in [-0.3, -0.25) is 0 Å². The first kappa shape index (κ1) is 15.8. The second kappa shape index (κ2) is 7.00. The maximum absolute atomic E-state index is 11.7. The van der Waals surface area contributed by atoms with E-state index in [0.717, 1.165) is 19.3 Å². The van der Waals surface area contributed by atoms with Crippen molar-refractivity contribution in [2.45, 2.75) is 36.6 Å². The Kier molecular flexibility index (Phi) is 4.81. The summed E-state index contributed by atoms with van der Waals surface area (Å²) in [4.78, 5) is 20.3. The minimum absolute atomic E-state index is 0.171. The number of esters is 1. The van der Waals surface area contributed by atoms with Crippen LogP contribution < -0.4 is 5.73 Å². The molecule has 0 radical (unpaired) electrons. The lowest BCUT2D eigenvalue weighted by Crippen LogP contribution is -2.11. The Bertz CT molecular complexity index is 721. The van der Waals surface area contributed by atoms with Crippen LogP contribution in [-0.4, -0.2) is 22.5 Å². The Morgan fingerprint density at radius 3 is 3.04 bits per heavy atom. The van der Waals surface area contributed by atoms with E-state index in [1.54, 1.807) is 18.7 Å². The van der Waals surface area contributed by atoms with Gasteiger partial charge in [-0.05, 0) is 37.3 Å². The molecule has 0 aliphatic heterocycles. The predicted molar refractivity (Wildman–Crippen MR) is 90.4 cm³/mol. The Balaban J connectivity index is 1.79. The van der Waals surface area contributed by atoms with E-state index >= 15 is 0 Å². The molecule has 0 fully saturated rings. The number of rotatable bonds is 4. The van der Waals surface area contributed by atoms with Gasteiger partial charge in [0, 0.05) is 11.4 Å². The highest BCUT2D eigenvalue weighted by molar-refractivity contribution is 7.99. The van der Waals surface area contributed by atoms with Gasteiger partial charge in [0.05, 0.1) is 6.61 Å². The zero-order valence-electron chi connectivity index (χ0n) is 13.0. The van der Waals surface area contributed by atoms with Crippen molar-refractivity contribution in [1.29, 1.82) is 0 Å². The number of anilines is 1. The van der Waals surface area contributed by atoms with Gasteiger partial charge < -0.3 is 10.5 Å². The monoisotopic (exact) mass is 329 g/mol. The summed E-state index contributed by atoms with van der Waals surface area (Å²) in [6, 6.07) is 8.49. The molecule has 0 saturated carbocycles. The number of benzene rings is 1. The molecule has 0 spiro atoms. The number of nitrogens with two attached hydrogens (primary N) is 1. The van der Waals surface area contributed by atoms with Crippen molar-refractivity contribution in [2.24, 2.45) is 0 Å². The molecule has 2 aromatic rings. The van der Waals surface area contributed by atoms with Gasteiger partial charge in [0.1, 0.15) is 11.4 Å². The number of aromatic nitrogens is 2. The summed E-state index contributed by atoms with van der Waals surface area (Å²) in [7, 11) is 0. The summed E-state index contributed by atoms with van der Waals surface area (Å²) >= 11 is 1.60. The van der Waals surface area contributed by atoms with Crippen LogP contribution >= 0.6 is 11.8 Å². The van der Waals surface area contributed by atoms with Gasteiger partial charge in [0.2, 0.25) is 0 Å². The average molecular weight is 329 g/mol. The molecule has 1 heterocycles. The lowest BCUT2D eigenvalue weighted by atomic mass is 9.91. The average Bonchev–Trinajstić information content (AvgIpc) is 2.55. The van der Waals surface area contributed by atoms with Gasteiger partial charge in [0.25, 0.3) is 0 Å². The van der Waals surface area contributed by atoms with E-state index in [1.165, 1.54) is 17.3 Å². The van der Waals surface area contributed by atoms with Crippen molar-refractivity contribution in [1.82, 2.24) is 9.97 Å². The van der Waals surface area contributed by atoms with Crippen LogP contribution in [-0.2, 0) is 11.2 Å². The van der Waals surface area contributed by atoms with Crippen molar-refractivity contribution >= 4 is 23.5 Å². The summed E-state index contributed by atoms with van der Waals surface area (Å²) < 4.78 is 4.94. The highest BCUT2D eigenvalue weighted by atomic mass is 32.2. The zero-order valence-corrected chi connectivity index (χ0v) is 13.8. The van der Waals surface area contributed by atoms with E-state index in [2.05, 4.69) is 34.2 Å². The molecule has 2 N–H and O–H groups in total. The molecule has 1 aromatic heterocycles. The van der Waals surface area contributed by atoms with Gasteiger partial charge in [0.15, 0.2) is 5.16 Å². The fourth-order valence-corrected chi connectivity index (χ4v) is 3.92. The third-order valence-corrected chi connectivity index (χ3v) is 5.04. The number of nitrogens with zero attached hydrogens (tertiary/aromatic N) is 2. The van der Waals surface area contributed by atoms with Crippen LogP contribution in [0.4, 0.5) is 5.82 Å². The molecular weight excluding hydrogens is 310 g/mol. The van der Waals surface area contributed by atoms with E-state index in [9.17, 15) is 4.79 Å². The van der Waals surface area contributed by atoms with E-state index in [-0.39, 0.29) is 11.4 Å². The summed E-state index contributed by atoms with van der Waals surface area (Å²) in [5.74, 6) is -0.311. The predicted octanol–water partition coefficient (Wildman–Crippen LogP) is 3.41. The van der Waals surface area contributed by atoms with Gasteiger partial charge >= 0.3 is 5.97 Å². The lowest BCUT2D eigenvalue weighted by Gasteiger charge is -2.24. The fraction of sp³-hybridized carbons (Fsp3) is 0.353. The van der Waals surface area contributed by atoms with Crippen molar-refractivity contribution in [3.05, 3.63) is 47.2 Å². The smallest absolute Gasteiger partial charge is 0.343 e. The molecule has 1 aliphatic rings. The van der Waals surface area contributed by atoms with Crippen molar-refractivity contribution in [2.75, 3.05) is 12.3 Å². The molecular formula is C17H19N3O2S. The summed E-state index contributed by atoms with van der Waals surface area (Å²) in [5, 5.41) is 0.921. The summed E-state index contributed by atoms with van der Waals surface area (Å²) in [5.41, 5.74) is 8.85. The number of hydrogen-bond donors (Lipinski definition) is 1. The Morgan fingerprint density at radius 2 is 2.26 bits per heavy atom. The minimum Gasteiger partial charge on any atom is -0.462 e. The Labute approximate surface area is 139 Å². The number of aryl methyl sites for hydroxylation is 1. The Hall–Kier alpha value is -2.08. The summed E-state index contributed by atoms with van der Waals surface area (Å²) in [6.45, 7) is 2.05. The SMILES string of the molecule is CCOC(=O)c1cnc(S[C@H]2CCCc3ccccc32)nc1N. The minimum atomic E-state index is -0.482. The van der Waals surface area contributed by atoms with Gasteiger partial charge in [-0.25, -0.2) is 14.8 Å². The number of fused-ring (bicyclic) bond motifs is 1. The van der Waals surface area contributed by atoms with E-state index in [1.807, 2.05) is 0 Å². The molecule has 1 atom stereocenters. The molecule has 23 heavy (non-hydrogen) atoms. The van der Waals surface area contributed by atoms with Crippen LogP contribution in [0.1, 0.15) is 46.5 Å². The normalized spacial score (nSPS) is 16.7. The first-order valence-electron chi connectivity index (χ1n) is 7.73. The second-order valence-corrected chi connectivity index (χ2v) is 6.54. The van der Waals surface area contributed by atoms with E-state index < -0.39 is 5.97 Å². The molecule has 0 unspecified atom stereocenters. The molecule has 0 amide bonds. The zero-order chi connectivity index (χ0) is 16.2.